The van der Waals surface area contributed by atoms with E-state index in [1.165, 1.54) is 11.8 Å². The van der Waals surface area contributed by atoms with Gasteiger partial charge in [0.2, 0.25) is 11.8 Å². The number of methoxy groups -OCH3 is 1. The van der Waals surface area contributed by atoms with Gasteiger partial charge < -0.3 is 14.8 Å². The topological polar surface area (TPSA) is 94.6 Å². The van der Waals surface area contributed by atoms with Crippen LogP contribution in [0.15, 0.2) is 30.5 Å². The fourth-order valence-corrected chi connectivity index (χ4v) is 4.70. The molecule has 10 nitrogen and oxygen atoms in total. The number of halogens is 2. The third kappa shape index (κ3) is 3.96. The molecule has 0 radical (unpaired) electrons. The van der Waals surface area contributed by atoms with Gasteiger partial charge in [0.05, 0.1) is 45.8 Å². The van der Waals surface area contributed by atoms with Crippen LogP contribution < -0.4 is 10.1 Å². The maximum Gasteiger partial charge on any atom is 0.244 e. The molecule has 2 atom stereocenters. The molecular weight excluding hydrogens is 458 g/mol. The number of rotatable bonds is 7. The number of nitrogens with zero attached hydrogens (tertiary/aromatic N) is 7. The number of aryl methyl sites for hydroxylation is 1. The number of fused-ring (bicyclic) bond motifs is 2. The zero-order chi connectivity index (χ0) is 24.9. The van der Waals surface area contributed by atoms with E-state index in [1.807, 2.05) is 29.2 Å². The molecule has 6 rings (SSSR count). The number of aromatic nitrogens is 6. The first-order valence-electron chi connectivity index (χ1n) is 12.1. The molecular formula is C23H26F2N8O2. The Bertz CT molecular complexity index is 1410. The summed E-state index contributed by atoms with van der Waals surface area (Å²) in [5.74, 6) is 0.600. The van der Waals surface area contributed by atoms with E-state index in [4.69, 9.17) is 10.8 Å². The highest BCUT2D eigenvalue weighted by Gasteiger charge is 2.35. The van der Waals surface area contributed by atoms with Gasteiger partial charge in [0.15, 0.2) is 0 Å². The van der Waals surface area contributed by atoms with Crippen molar-refractivity contribution >= 4 is 22.5 Å². The molecule has 0 aliphatic carbocycles. The van der Waals surface area contributed by atoms with E-state index in [1.54, 1.807) is 10.7 Å². The van der Waals surface area contributed by atoms with E-state index < -0.39 is 24.9 Å². The molecule has 0 unspecified atom stereocenters. The zero-order valence-corrected chi connectivity index (χ0v) is 19.2. The van der Waals surface area contributed by atoms with Crippen LogP contribution in [0.2, 0.25) is 0 Å². The molecule has 2 fully saturated rings. The van der Waals surface area contributed by atoms with Gasteiger partial charge in [0.1, 0.15) is 23.9 Å². The zero-order valence-electron chi connectivity index (χ0n) is 20.2. The average Bonchev–Trinajstić information content (AvgIpc) is 3.47. The number of hydrogen-bond donors (Lipinski definition) is 1. The SMILES string of the molecule is [2H]C1(N2CC[C@H](Nc3nc(OC)c4c(-c5ccc6nnn(CCF)c6c5)ccn4n3)[C@@H](F)C2)COC1. The highest BCUT2D eigenvalue weighted by molar-refractivity contribution is 5.89. The Hall–Kier alpha value is -3.38. The van der Waals surface area contributed by atoms with Crippen molar-refractivity contribution < 1.29 is 19.6 Å². The largest absolute Gasteiger partial charge is 0.479 e. The summed E-state index contributed by atoms with van der Waals surface area (Å²) < 4.78 is 50.2. The summed E-state index contributed by atoms with van der Waals surface area (Å²) in [4.78, 5) is 6.36. The third-order valence-corrected chi connectivity index (χ3v) is 6.63. The van der Waals surface area contributed by atoms with Crippen molar-refractivity contribution in [2.75, 3.05) is 45.4 Å². The van der Waals surface area contributed by atoms with Crippen molar-refractivity contribution in [1.29, 1.82) is 0 Å². The first-order valence-corrected chi connectivity index (χ1v) is 11.6. The number of nitrogens with one attached hydrogen (secondary N) is 1. The van der Waals surface area contributed by atoms with Gasteiger partial charge in [-0.05, 0) is 30.2 Å². The number of anilines is 1. The number of piperidine rings is 1. The lowest BCUT2D eigenvalue weighted by molar-refractivity contribution is -0.0794. The summed E-state index contributed by atoms with van der Waals surface area (Å²) in [7, 11) is 1.52. The van der Waals surface area contributed by atoms with Crippen LogP contribution >= 0.6 is 0 Å². The van der Waals surface area contributed by atoms with E-state index in [0.29, 0.717) is 43.1 Å². The molecule has 184 valence electrons. The number of likely N-dealkylation sites (tertiary alicyclic amines) is 1. The fourth-order valence-electron chi connectivity index (χ4n) is 4.70. The molecule has 1 aromatic carbocycles. The predicted octanol–water partition coefficient (Wildman–Crippen LogP) is 2.34. The molecule has 5 heterocycles. The number of alkyl halides is 2. The van der Waals surface area contributed by atoms with Gasteiger partial charge in [-0.1, -0.05) is 11.3 Å². The maximum atomic E-state index is 15.0. The summed E-state index contributed by atoms with van der Waals surface area (Å²) in [5.41, 5.74) is 3.74. The Labute approximate surface area is 201 Å². The van der Waals surface area contributed by atoms with Crippen molar-refractivity contribution in [3.63, 3.8) is 0 Å². The Morgan fingerprint density at radius 2 is 2.20 bits per heavy atom. The Kier molecular flexibility index (Phi) is 5.39. The van der Waals surface area contributed by atoms with Crippen LogP contribution in [-0.4, -0.2) is 92.8 Å². The molecule has 0 amide bonds. The minimum atomic E-state index is -1.18. The van der Waals surface area contributed by atoms with E-state index in [2.05, 4.69) is 25.7 Å². The number of hydrogen-bond acceptors (Lipinski definition) is 8. The molecule has 1 N–H and O–H groups in total. The molecule has 12 heteroatoms. The van der Waals surface area contributed by atoms with Gasteiger partial charge in [-0.3, -0.25) is 4.90 Å². The van der Waals surface area contributed by atoms with Crippen LogP contribution in [0.1, 0.15) is 7.79 Å². The van der Waals surface area contributed by atoms with Gasteiger partial charge in [0, 0.05) is 24.8 Å². The molecule has 2 aliphatic rings. The minimum Gasteiger partial charge on any atom is -0.479 e. The molecule has 0 bridgehead atoms. The first kappa shape index (κ1) is 20.9. The van der Waals surface area contributed by atoms with Crippen molar-refractivity contribution in [2.45, 2.75) is 31.2 Å². The van der Waals surface area contributed by atoms with Crippen molar-refractivity contribution in [1.82, 2.24) is 34.5 Å². The van der Waals surface area contributed by atoms with Gasteiger partial charge in [0.25, 0.3) is 0 Å². The Balaban J connectivity index is 1.27. The third-order valence-electron chi connectivity index (χ3n) is 6.63. The first-order chi connectivity index (χ1) is 17.5. The lowest BCUT2D eigenvalue weighted by Gasteiger charge is -2.42. The highest BCUT2D eigenvalue weighted by Crippen LogP contribution is 2.33. The highest BCUT2D eigenvalue weighted by atomic mass is 19.1. The van der Waals surface area contributed by atoms with Gasteiger partial charge in [-0.25, -0.2) is 18.0 Å². The number of benzene rings is 1. The summed E-state index contributed by atoms with van der Waals surface area (Å²) in [6, 6.07) is 6.24. The molecule has 0 spiro atoms. The van der Waals surface area contributed by atoms with Crippen LogP contribution in [0.3, 0.4) is 0 Å². The lowest BCUT2D eigenvalue weighted by atomic mass is 10.0. The van der Waals surface area contributed by atoms with Gasteiger partial charge >= 0.3 is 0 Å². The Morgan fingerprint density at radius 3 is 2.94 bits per heavy atom. The van der Waals surface area contributed by atoms with E-state index in [-0.39, 0.29) is 19.0 Å². The van der Waals surface area contributed by atoms with Crippen LogP contribution in [-0.2, 0) is 11.3 Å². The average molecular weight is 486 g/mol. The second kappa shape index (κ2) is 9.00. The van der Waals surface area contributed by atoms with Gasteiger partial charge in [-0.2, -0.15) is 4.98 Å². The summed E-state index contributed by atoms with van der Waals surface area (Å²) >= 11 is 0. The van der Waals surface area contributed by atoms with Crippen molar-refractivity contribution in [3.8, 4) is 17.0 Å². The monoisotopic (exact) mass is 485 g/mol. The minimum absolute atomic E-state index is 0.128. The van der Waals surface area contributed by atoms with E-state index >= 15 is 4.39 Å². The second-order valence-corrected chi connectivity index (χ2v) is 8.73. The van der Waals surface area contributed by atoms with Crippen molar-refractivity contribution in [3.05, 3.63) is 30.5 Å². The quantitative estimate of drug-likeness (QED) is 0.426. The van der Waals surface area contributed by atoms with E-state index in [0.717, 1.165) is 16.6 Å². The molecule has 35 heavy (non-hydrogen) atoms. The fraction of sp³-hybridized carbons (Fsp3) is 0.478. The predicted molar refractivity (Wildman–Crippen MR) is 125 cm³/mol. The van der Waals surface area contributed by atoms with Gasteiger partial charge in [-0.15, -0.1) is 10.2 Å². The molecule has 4 aromatic rings. The normalized spacial score (nSPS) is 22.8. The van der Waals surface area contributed by atoms with E-state index in [9.17, 15) is 4.39 Å². The number of ether oxygens (including phenoxy) is 2. The molecule has 0 saturated carbocycles. The van der Waals surface area contributed by atoms with Crippen LogP contribution in [0.5, 0.6) is 5.88 Å². The standard InChI is InChI=1S/C23H26F2N8O2/c1-34-22-21-16(14-2-3-19-20(10-14)32(9-6-24)30-28-19)4-8-33(21)29-23(27-22)26-18-5-7-31(11-17(18)25)15-12-35-13-15/h2-4,8,10,15,17-18H,5-7,9,11-13H2,1H3,(H,26,29)/t17-,18-/m0/s1/i15D. The second-order valence-electron chi connectivity index (χ2n) is 8.73. The molecule has 2 aliphatic heterocycles. The summed E-state index contributed by atoms with van der Waals surface area (Å²) in [6.45, 7) is 0.969. The molecule has 3 aromatic heterocycles. The maximum absolute atomic E-state index is 15.0. The molecule has 2 saturated heterocycles. The van der Waals surface area contributed by atoms with Crippen LogP contribution in [0, 0.1) is 0 Å². The lowest BCUT2D eigenvalue weighted by Crippen LogP contribution is -2.57. The smallest absolute Gasteiger partial charge is 0.244 e. The summed E-state index contributed by atoms with van der Waals surface area (Å²) in [6.07, 6.45) is 1.13. The van der Waals surface area contributed by atoms with Crippen LogP contribution in [0.25, 0.3) is 27.7 Å². The summed E-state index contributed by atoms with van der Waals surface area (Å²) in [5, 5.41) is 15.8. The van der Waals surface area contributed by atoms with Crippen LogP contribution in [0.4, 0.5) is 14.7 Å². The van der Waals surface area contributed by atoms with Crippen molar-refractivity contribution in [2.24, 2.45) is 0 Å². The Morgan fingerprint density at radius 1 is 1.31 bits per heavy atom.